The first-order chi connectivity index (χ1) is 6.75. The summed E-state index contributed by atoms with van der Waals surface area (Å²) in [7, 11) is 0. The van der Waals surface area contributed by atoms with Gasteiger partial charge in [-0.1, -0.05) is 0 Å². The van der Waals surface area contributed by atoms with Crippen molar-refractivity contribution < 1.29 is 0 Å². The van der Waals surface area contributed by atoms with Crippen molar-refractivity contribution in [1.29, 1.82) is 0 Å². The van der Waals surface area contributed by atoms with Gasteiger partial charge in [0.05, 0.1) is 0 Å². The second kappa shape index (κ2) is 6.75. The average Bonchev–Trinajstić information content (AvgIpc) is 2.19. The number of hydrogen-bond acceptors (Lipinski definition) is 2. The molecule has 0 aromatic heterocycles. The van der Waals surface area contributed by atoms with Crippen molar-refractivity contribution in [1.82, 2.24) is 0 Å². The van der Waals surface area contributed by atoms with Crippen LogP contribution in [0.1, 0.15) is 25.5 Å². The third-order valence-electron chi connectivity index (χ3n) is 2.02. The van der Waals surface area contributed by atoms with Crippen LogP contribution >= 0.6 is 11.8 Å². The molecule has 2 N–H and O–H groups in total. The molecule has 1 aromatic rings. The molecule has 0 aliphatic rings. The Kier molecular flexibility index (Phi) is 5.97. The second-order valence-electron chi connectivity index (χ2n) is 3.19. The van der Waals surface area contributed by atoms with Gasteiger partial charge in [-0.15, -0.1) is 0 Å². The molecule has 0 amide bonds. The number of hydrogen-bond donors (Lipinski definition) is 1. The quantitative estimate of drug-likeness (QED) is 0.662. The van der Waals surface area contributed by atoms with Crippen molar-refractivity contribution in [3.8, 4) is 0 Å². The molecule has 0 spiro atoms. The predicted octanol–water partition coefficient (Wildman–Crippen LogP) is 1.75. The van der Waals surface area contributed by atoms with Gasteiger partial charge in [0, 0.05) is 0 Å². The normalized spacial score (nSPS) is 12.2. The molecule has 0 saturated carbocycles. The van der Waals surface area contributed by atoms with Crippen LogP contribution in [0.2, 0.25) is 0 Å². The summed E-state index contributed by atoms with van der Waals surface area (Å²) in [6.45, 7) is 4.30. The zero-order valence-electron chi connectivity index (χ0n) is 8.79. The third kappa shape index (κ3) is 3.83. The molecular weight excluding hydrogens is 297 g/mol. The molecule has 0 aliphatic carbocycles. The summed E-state index contributed by atoms with van der Waals surface area (Å²) in [5.74, 6) is 1.24. The first-order valence-electron chi connectivity index (χ1n) is 4.91. The van der Waals surface area contributed by atoms with E-state index in [4.69, 9.17) is 5.73 Å². The van der Waals surface area contributed by atoms with E-state index in [-0.39, 0.29) is 6.04 Å². The number of benzene rings is 1. The number of nitrogens with two attached hydrogens (primary N) is 1. The third-order valence-corrected chi connectivity index (χ3v) is 8.15. The summed E-state index contributed by atoms with van der Waals surface area (Å²) in [6.07, 6.45) is 0. The summed E-state index contributed by atoms with van der Waals surface area (Å²) < 4.78 is 2.94. The molecule has 1 rings (SSSR count). The van der Waals surface area contributed by atoms with Gasteiger partial charge in [0.1, 0.15) is 0 Å². The van der Waals surface area contributed by atoms with E-state index in [9.17, 15) is 0 Å². The molecule has 1 aromatic carbocycles. The summed E-state index contributed by atoms with van der Waals surface area (Å²) >= 11 is 1.67. The summed E-state index contributed by atoms with van der Waals surface area (Å²) in [4.78, 5) is 0. The Morgan fingerprint density at radius 1 is 1.43 bits per heavy atom. The molecule has 1 atom stereocenters. The van der Waals surface area contributed by atoms with Gasteiger partial charge in [-0.25, -0.2) is 0 Å². The maximum absolute atomic E-state index is 5.94. The van der Waals surface area contributed by atoms with E-state index in [2.05, 4.69) is 49.9 Å². The van der Waals surface area contributed by atoms with E-state index >= 15 is 0 Å². The van der Waals surface area contributed by atoms with Gasteiger partial charge in [-0.2, -0.15) is 0 Å². The fourth-order valence-corrected chi connectivity index (χ4v) is 7.78. The van der Waals surface area contributed by atoms with Gasteiger partial charge in [-0.05, 0) is 0 Å². The fraction of sp³-hybridized carbons (Fsp3) is 0.455. The van der Waals surface area contributed by atoms with Crippen molar-refractivity contribution in [3.05, 3.63) is 29.8 Å². The van der Waals surface area contributed by atoms with Gasteiger partial charge in [0.25, 0.3) is 0 Å². The summed E-state index contributed by atoms with van der Waals surface area (Å²) in [5, 5.41) is 0. The van der Waals surface area contributed by atoms with Crippen LogP contribution in [-0.4, -0.2) is 30.7 Å². The van der Waals surface area contributed by atoms with Crippen molar-refractivity contribution in [3.63, 3.8) is 0 Å². The van der Waals surface area contributed by atoms with Crippen LogP contribution in [0.3, 0.4) is 0 Å². The zero-order valence-corrected chi connectivity index (χ0v) is 12.5. The predicted molar refractivity (Wildman–Crippen MR) is 67.4 cm³/mol. The van der Waals surface area contributed by atoms with Crippen molar-refractivity contribution in [2.24, 2.45) is 5.73 Å². The van der Waals surface area contributed by atoms with Crippen molar-refractivity contribution in [2.45, 2.75) is 19.9 Å². The van der Waals surface area contributed by atoms with Gasteiger partial charge in [0.2, 0.25) is 0 Å². The van der Waals surface area contributed by atoms with E-state index in [0.717, 1.165) is 0 Å². The summed E-state index contributed by atoms with van der Waals surface area (Å²) in [5.41, 5.74) is 7.31. The van der Waals surface area contributed by atoms with Crippen LogP contribution < -0.4 is 9.31 Å². The van der Waals surface area contributed by atoms with E-state index in [0.29, 0.717) is 0 Å². The first-order valence-corrected chi connectivity index (χ1v) is 9.51. The molecule has 0 heterocycles. The Hall–Kier alpha value is 0.329. The minimum absolute atomic E-state index is 0.193. The Labute approximate surface area is 101 Å². The van der Waals surface area contributed by atoms with E-state index < -0.39 is 21.1 Å². The van der Waals surface area contributed by atoms with Crippen molar-refractivity contribution >= 4 is 36.5 Å². The van der Waals surface area contributed by atoms with Crippen LogP contribution in [0.25, 0.3) is 0 Å². The second-order valence-corrected chi connectivity index (χ2v) is 9.48. The maximum atomic E-state index is 5.94. The molecule has 1 unspecified atom stereocenters. The molecule has 0 bridgehead atoms. The first kappa shape index (κ1) is 12.4. The molecule has 74 valence electrons. The molecule has 0 aliphatic heterocycles. The fourth-order valence-electron chi connectivity index (χ4n) is 1.29. The average molecular weight is 314 g/mol. The molecule has 3 heteroatoms. The number of thioether (sulfide) groups is 1. The van der Waals surface area contributed by atoms with Crippen LogP contribution in [0.15, 0.2) is 24.3 Å². The Morgan fingerprint density at radius 3 is 2.79 bits per heavy atom. The molecular formula is C11H17NSSn+2. The monoisotopic (exact) mass is 315 g/mol. The molecule has 1 nitrogen and oxygen atoms in total. The van der Waals surface area contributed by atoms with E-state index in [1.54, 1.807) is 3.58 Å². The Balaban J connectivity index is 2.64. The van der Waals surface area contributed by atoms with E-state index in [1.807, 2.05) is 0 Å². The molecule has 0 radical (unpaired) electrons. The summed E-state index contributed by atoms with van der Waals surface area (Å²) in [6, 6.07) is 8.87. The standard InChI is InChI=1S/C8H10N.C3H7S.Sn/c1-7(9)8-5-3-2-4-6-8;1-3-4-2;/h2-5,7H,9H2,1H3;2-3H2,1H3;/q;;+2. The van der Waals surface area contributed by atoms with Crippen LogP contribution in [-0.2, 0) is 0 Å². The van der Waals surface area contributed by atoms with Crippen molar-refractivity contribution in [2.75, 3.05) is 9.52 Å². The van der Waals surface area contributed by atoms with Crippen LogP contribution in [0, 0.1) is 0 Å². The van der Waals surface area contributed by atoms with Crippen LogP contribution in [0.5, 0.6) is 0 Å². The Bertz CT molecular complexity index is 276. The molecule has 0 fully saturated rings. The van der Waals surface area contributed by atoms with E-state index in [1.165, 1.54) is 15.1 Å². The van der Waals surface area contributed by atoms with Gasteiger partial charge < -0.3 is 0 Å². The topological polar surface area (TPSA) is 26.0 Å². The molecule has 14 heavy (non-hydrogen) atoms. The number of rotatable bonds is 5. The van der Waals surface area contributed by atoms with Gasteiger partial charge in [-0.3, -0.25) is 0 Å². The van der Waals surface area contributed by atoms with Gasteiger partial charge >= 0.3 is 101 Å². The minimum atomic E-state index is -0.390. The van der Waals surface area contributed by atoms with Gasteiger partial charge in [0.15, 0.2) is 0 Å². The zero-order chi connectivity index (χ0) is 10.4. The Morgan fingerprint density at radius 2 is 2.14 bits per heavy atom. The SMILES string of the molecule is CCS[CH2][Sn+2][c]1ccccc1C(C)N. The molecule has 0 saturated heterocycles. The van der Waals surface area contributed by atoms with Crippen LogP contribution in [0.4, 0.5) is 0 Å².